The quantitative estimate of drug-likeness (QED) is 0.622. The Morgan fingerprint density at radius 3 is 2.43 bits per heavy atom. The Kier molecular flexibility index (Phi) is 8.47. The summed E-state index contributed by atoms with van der Waals surface area (Å²) in [6.45, 7) is 6.58. The number of alkyl carbamates (subject to hydrolysis) is 1. The van der Waals surface area contributed by atoms with Crippen molar-refractivity contribution in [1.82, 2.24) is 15.2 Å². The summed E-state index contributed by atoms with van der Waals surface area (Å²) in [4.78, 5) is 36.6. The largest absolute Gasteiger partial charge is 0.444 e. The summed E-state index contributed by atoms with van der Waals surface area (Å²) >= 11 is 5.99. The van der Waals surface area contributed by atoms with Gasteiger partial charge >= 0.3 is 6.09 Å². The van der Waals surface area contributed by atoms with Gasteiger partial charge in [-0.25, -0.2) is 4.79 Å². The van der Waals surface area contributed by atoms with Crippen LogP contribution in [0.15, 0.2) is 47.4 Å². The first-order chi connectivity index (χ1) is 14.2. The Labute approximate surface area is 181 Å². The molecular weight excluding hydrogens is 406 g/mol. The second-order valence-corrected chi connectivity index (χ2v) is 8.31. The maximum Gasteiger partial charge on any atom is 0.407 e. The molecule has 8 heteroatoms. The van der Waals surface area contributed by atoms with Crippen molar-refractivity contribution in [3.63, 3.8) is 0 Å². The third kappa shape index (κ3) is 7.91. The maximum absolute atomic E-state index is 12.6. The molecule has 30 heavy (non-hydrogen) atoms. The van der Waals surface area contributed by atoms with Crippen LogP contribution in [-0.2, 0) is 11.3 Å². The molecule has 7 nitrogen and oxygen atoms in total. The highest BCUT2D eigenvalue weighted by Gasteiger charge is 2.15. The van der Waals surface area contributed by atoms with Crippen LogP contribution in [0, 0.1) is 0 Å². The fraction of sp³-hybridized carbons (Fsp3) is 0.409. The molecule has 0 atom stereocenters. The Morgan fingerprint density at radius 2 is 1.77 bits per heavy atom. The van der Waals surface area contributed by atoms with Crippen LogP contribution in [0.3, 0.4) is 0 Å². The summed E-state index contributed by atoms with van der Waals surface area (Å²) in [5.41, 5.74) is 0.0700. The van der Waals surface area contributed by atoms with E-state index in [0.717, 1.165) is 5.56 Å². The molecule has 0 aliphatic heterocycles. The molecule has 0 unspecified atom stereocenters. The highest BCUT2D eigenvalue weighted by Crippen LogP contribution is 2.11. The molecule has 0 bridgehead atoms. The molecule has 1 aromatic carbocycles. The lowest BCUT2D eigenvalue weighted by atomic mass is 10.2. The summed E-state index contributed by atoms with van der Waals surface area (Å²) in [7, 11) is 0. The number of carbonyl (C=O) groups is 2. The second kappa shape index (κ2) is 10.8. The highest BCUT2D eigenvalue weighted by atomic mass is 35.5. The Bertz CT molecular complexity index is 934. The number of ether oxygens (including phenoxy) is 1. The fourth-order valence-corrected chi connectivity index (χ4v) is 2.93. The van der Waals surface area contributed by atoms with E-state index in [4.69, 9.17) is 16.3 Å². The van der Waals surface area contributed by atoms with Crippen molar-refractivity contribution in [2.75, 3.05) is 13.1 Å². The summed E-state index contributed by atoms with van der Waals surface area (Å²) < 4.78 is 6.63. The van der Waals surface area contributed by atoms with Crippen molar-refractivity contribution in [3.8, 4) is 0 Å². The lowest BCUT2D eigenvalue weighted by Gasteiger charge is -2.19. The predicted molar refractivity (Wildman–Crippen MR) is 117 cm³/mol. The molecule has 0 fully saturated rings. The van der Waals surface area contributed by atoms with E-state index in [-0.39, 0.29) is 11.1 Å². The van der Waals surface area contributed by atoms with Gasteiger partial charge in [0.25, 0.3) is 11.5 Å². The van der Waals surface area contributed by atoms with Gasteiger partial charge in [0.1, 0.15) is 11.2 Å². The smallest absolute Gasteiger partial charge is 0.407 e. The molecular formula is C22H28ClN3O4. The number of unbranched alkanes of at least 4 members (excludes halogenated alkanes) is 1. The van der Waals surface area contributed by atoms with E-state index >= 15 is 0 Å². The molecule has 0 aliphatic rings. The van der Waals surface area contributed by atoms with Gasteiger partial charge in [-0.2, -0.15) is 0 Å². The highest BCUT2D eigenvalue weighted by molar-refractivity contribution is 6.30. The number of nitrogens with zero attached hydrogens (tertiary/aromatic N) is 1. The SMILES string of the molecule is CC(C)(C)OC(=O)NCCCCNC(=O)c1cccn(Cc2cccc(Cl)c2)c1=O. The lowest BCUT2D eigenvalue weighted by Crippen LogP contribution is -2.34. The number of rotatable bonds is 8. The fourth-order valence-electron chi connectivity index (χ4n) is 2.72. The molecule has 0 aliphatic carbocycles. The molecule has 0 saturated carbocycles. The van der Waals surface area contributed by atoms with Crippen molar-refractivity contribution >= 4 is 23.6 Å². The zero-order chi connectivity index (χ0) is 22.1. The van der Waals surface area contributed by atoms with Crippen LogP contribution in [0.2, 0.25) is 5.02 Å². The molecule has 0 radical (unpaired) electrons. The number of aromatic nitrogens is 1. The molecule has 1 aromatic heterocycles. The average molecular weight is 434 g/mol. The molecule has 2 aromatic rings. The molecule has 162 valence electrons. The van der Waals surface area contributed by atoms with Crippen molar-refractivity contribution in [2.24, 2.45) is 0 Å². The van der Waals surface area contributed by atoms with Crippen LogP contribution in [-0.4, -0.2) is 35.3 Å². The Morgan fingerprint density at radius 1 is 1.07 bits per heavy atom. The molecule has 0 spiro atoms. The number of halogens is 1. The van der Waals surface area contributed by atoms with Gasteiger partial charge in [0.15, 0.2) is 0 Å². The average Bonchev–Trinajstić information content (AvgIpc) is 2.64. The van der Waals surface area contributed by atoms with E-state index in [1.54, 1.807) is 45.2 Å². The third-order valence-corrected chi connectivity index (χ3v) is 4.30. The van der Waals surface area contributed by atoms with Crippen LogP contribution in [0.25, 0.3) is 0 Å². The number of pyridine rings is 1. The van der Waals surface area contributed by atoms with Crippen LogP contribution < -0.4 is 16.2 Å². The summed E-state index contributed by atoms with van der Waals surface area (Å²) in [6, 6.07) is 10.4. The van der Waals surface area contributed by atoms with Gasteiger partial charge in [0.2, 0.25) is 0 Å². The topological polar surface area (TPSA) is 89.4 Å². The Balaban J connectivity index is 1.80. The number of hydrogen-bond donors (Lipinski definition) is 2. The standard InChI is InChI=1S/C22H28ClN3O4/c1-22(2,3)30-21(29)25-12-5-4-11-24-19(27)18-10-7-13-26(20(18)28)15-16-8-6-9-17(23)14-16/h6-10,13-14H,4-5,11-12,15H2,1-3H3,(H,24,27)(H,25,29). The van der Waals surface area contributed by atoms with Gasteiger partial charge in [0.05, 0.1) is 6.54 Å². The van der Waals surface area contributed by atoms with Crippen LogP contribution in [0.1, 0.15) is 49.5 Å². The van der Waals surface area contributed by atoms with Crippen LogP contribution >= 0.6 is 11.6 Å². The van der Waals surface area contributed by atoms with E-state index in [2.05, 4.69) is 10.6 Å². The summed E-state index contributed by atoms with van der Waals surface area (Å²) in [6.07, 6.45) is 2.51. The zero-order valence-electron chi connectivity index (χ0n) is 17.5. The van der Waals surface area contributed by atoms with Crippen molar-refractivity contribution in [3.05, 3.63) is 69.1 Å². The minimum absolute atomic E-state index is 0.0893. The summed E-state index contributed by atoms with van der Waals surface area (Å²) in [5.74, 6) is -0.416. The zero-order valence-corrected chi connectivity index (χ0v) is 18.3. The van der Waals surface area contributed by atoms with E-state index in [1.165, 1.54) is 10.6 Å². The molecule has 0 saturated heterocycles. The van der Waals surface area contributed by atoms with Gasteiger partial charge < -0.3 is 19.9 Å². The molecule has 1 heterocycles. The number of benzene rings is 1. The molecule has 2 amide bonds. The van der Waals surface area contributed by atoms with Crippen LogP contribution in [0.4, 0.5) is 4.79 Å². The number of nitrogens with one attached hydrogen (secondary N) is 2. The number of amides is 2. The van der Waals surface area contributed by atoms with E-state index in [9.17, 15) is 14.4 Å². The van der Waals surface area contributed by atoms with E-state index in [0.29, 0.717) is 37.5 Å². The van der Waals surface area contributed by atoms with Crippen molar-refractivity contribution in [1.29, 1.82) is 0 Å². The van der Waals surface area contributed by atoms with Gasteiger partial charge in [0, 0.05) is 24.3 Å². The van der Waals surface area contributed by atoms with Gasteiger partial charge in [-0.3, -0.25) is 9.59 Å². The van der Waals surface area contributed by atoms with Gasteiger partial charge in [-0.1, -0.05) is 23.7 Å². The number of carbonyl (C=O) groups excluding carboxylic acids is 2. The Hall–Kier alpha value is -2.80. The van der Waals surface area contributed by atoms with Crippen molar-refractivity contribution < 1.29 is 14.3 Å². The second-order valence-electron chi connectivity index (χ2n) is 7.88. The normalized spacial score (nSPS) is 11.1. The van der Waals surface area contributed by atoms with Crippen LogP contribution in [0.5, 0.6) is 0 Å². The molecule has 2 rings (SSSR count). The first kappa shape index (κ1) is 23.5. The number of hydrogen-bond acceptors (Lipinski definition) is 4. The summed E-state index contributed by atoms with van der Waals surface area (Å²) in [5, 5.41) is 6.01. The van der Waals surface area contributed by atoms with E-state index < -0.39 is 17.6 Å². The van der Waals surface area contributed by atoms with E-state index in [1.807, 2.05) is 12.1 Å². The first-order valence-electron chi connectivity index (χ1n) is 9.85. The predicted octanol–water partition coefficient (Wildman–Crippen LogP) is 3.58. The first-order valence-corrected chi connectivity index (χ1v) is 10.2. The maximum atomic E-state index is 12.6. The third-order valence-electron chi connectivity index (χ3n) is 4.06. The van der Waals surface area contributed by atoms with Gasteiger partial charge in [-0.15, -0.1) is 0 Å². The lowest BCUT2D eigenvalue weighted by molar-refractivity contribution is 0.0526. The molecule has 2 N–H and O–H groups in total. The monoisotopic (exact) mass is 433 g/mol. The minimum atomic E-state index is -0.534. The van der Waals surface area contributed by atoms with Crippen molar-refractivity contribution in [2.45, 2.75) is 45.8 Å². The van der Waals surface area contributed by atoms with Gasteiger partial charge in [-0.05, 0) is 63.4 Å². The minimum Gasteiger partial charge on any atom is -0.444 e.